The maximum Gasteiger partial charge on any atom is 0.224 e. The van der Waals surface area contributed by atoms with Crippen molar-refractivity contribution in [1.29, 1.82) is 0 Å². The molecule has 0 aromatic heterocycles. The zero-order chi connectivity index (χ0) is 14.4. The number of carbonyl (C=O) groups excluding carboxylic acids is 1. The third-order valence-electron chi connectivity index (χ3n) is 3.64. The number of benzene rings is 1. The minimum atomic E-state index is 0.0628. The molecule has 0 radical (unpaired) electrons. The Morgan fingerprint density at radius 2 is 2.00 bits per heavy atom. The lowest BCUT2D eigenvalue weighted by Gasteiger charge is -2.19. The molecular weight excluding hydrogens is 252 g/mol. The molecule has 0 aliphatic carbocycles. The smallest absolute Gasteiger partial charge is 0.224 e. The SMILES string of the molecule is CCCCCCCOc1cc2c(cc1N)CCC(=O)N2. The molecule has 4 heteroatoms. The first-order chi connectivity index (χ1) is 9.70. The maximum atomic E-state index is 11.4. The molecule has 1 aromatic rings. The van der Waals surface area contributed by atoms with Gasteiger partial charge in [-0.05, 0) is 24.5 Å². The van der Waals surface area contributed by atoms with E-state index in [-0.39, 0.29) is 5.91 Å². The number of ether oxygens (including phenoxy) is 1. The van der Waals surface area contributed by atoms with E-state index in [1.807, 2.05) is 12.1 Å². The number of aryl methyl sites for hydroxylation is 1. The highest BCUT2D eigenvalue weighted by atomic mass is 16.5. The molecule has 0 bridgehead atoms. The highest BCUT2D eigenvalue weighted by Crippen LogP contribution is 2.32. The normalized spacial score (nSPS) is 13.8. The minimum Gasteiger partial charge on any atom is -0.491 e. The number of fused-ring (bicyclic) bond motifs is 1. The fraction of sp³-hybridized carbons (Fsp3) is 0.562. The summed E-state index contributed by atoms with van der Waals surface area (Å²) in [6.07, 6.45) is 7.31. The Morgan fingerprint density at radius 3 is 2.80 bits per heavy atom. The minimum absolute atomic E-state index is 0.0628. The number of rotatable bonds is 7. The largest absolute Gasteiger partial charge is 0.491 e. The van der Waals surface area contributed by atoms with Crippen molar-refractivity contribution in [1.82, 2.24) is 0 Å². The number of nitrogen functional groups attached to an aromatic ring is 1. The Morgan fingerprint density at radius 1 is 1.20 bits per heavy atom. The number of nitrogens with two attached hydrogens (primary N) is 1. The van der Waals surface area contributed by atoms with Gasteiger partial charge < -0.3 is 15.8 Å². The molecule has 0 saturated heterocycles. The second-order valence-electron chi connectivity index (χ2n) is 5.36. The molecule has 0 unspecified atom stereocenters. The lowest BCUT2D eigenvalue weighted by Crippen LogP contribution is -2.19. The van der Waals surface area contributed by atoms with Crippen LogP contribution in [0.2, 0.25) is 0 Å². The van der Waals surface area contributed by atoms with Crippen LogP contribution in [0.1, 0.15) is 51.0 Å². The van der Waals surface area contributed by atoms with E-state index in [1.165, 1.54) is 25.7 Å². The maximum absolute atomic E-state index is 11.4. The standard InChI is InChI=1S/C16H24N2O2/c1-2-3-4-5-6-9-20-15-11-14-12(10-13(15)17)7-8-16(19)18-14/h10-11H,2-9,17H2,1H3,(H,18,19). The number of nitrogens with one attached hydrogen (secondary N) is 1. The molecule has 1 amide bonds. The van der Waals surface area contributed by atoms with Gasteiger partial charge in [-0.25, -0.2) is 0 Å². The Hall–Kier alpha value is -1.71. The number of carbonyl (C=O) groups is 1. The summed E-state index contributed by atoms with van der Waals surface area (Å²) in [5, 5.41) is 2.87. The first kappa shape index (κ1) is 14.7. The zero-order valence-electron chi connectivity index (χ0n) is 12.2. The predicted octanol–water partition coefficient (Wildman–Crippen LogP) is 3.50. The average Bonchev–Trinajstić information content (AvgIpc) is 2.43. The van der Waals surface area contributed by atoms with E-state index in [0.29, 0.717) is 24.5 Å². The van der Waals surface area contributed by atoms with Crippen LogP contribution in [-0.4, -0.2) is 12.5 Å². The number of anilines is 2. The van der Waals surface area contributed by atoms with E-state index < -0.39 is 0 Å². The predicted molar refractivity (Wildman–Crippen MR) is 82.1 cm³/mol. The molecule has 1 aromatic carbocycles. The summed E-state index contributed by atoms with van der Waals surface area (Å²) in [5.74, 6) is 0.745. The van der Waals surface area contributed by atoms with Gasteiger partial charge >= 0.3 is 0 Å². The van der Waals surface area contributed by atoms with Crippen LogP contribution in [-0.2, 0) is 11.2 Å². The lowest BCUT2D eigenvalue weighted by molar-refractivity contribution is -0.116. The van der Waals surface area contributed by atoms with Gasteiger partial charge in [0.05, 0.1) is 12.3 Å². The van der Waals surface area contributed by atoms with Crippen molar-refractivity contribution in [3.8, 4) is 5.75 Å². The summed E-state index contributed by atoms with van der Waals surface area (Å²) < 4.78 is 5.74. The van der Waals surface area contributed by atoms with Crippen molar-refractivity contribution >= 4 is 17.3 Å². The van der Waals surface area contributed by atoms with Gasteiger partial charge in [-0.1, -0.05) is 32.6 Å². The molecule has 3 N–H and O–H groups in total. The van der Waals surface area contributed by atoms with Crippen LogP contribution in [0, 0.1) is 0 Å². The van der Waals surface area contributed by atoms with E-state index in [1.54, 1.807) is 0 Å². The molecule has 1 aliphatic rings. The molecule has 1 aliphatic heterocycles. The molecule has 20 heavy (non-hydrogen) atoms. The van der Waals surface area contributed by atoms with Crippen LogP contribution >= 0.6 is 0 Å². The quantitative estimate of drug-likeness (QED) is 0.591. The van der Waals surface area contributed by atoms with E-state index >= 15 is 0 Å². The van der Waals surface area contributed by atoms with E-state index in [4.69, 9.17) is 10.5 Å². The van der Waals surface area contributed by atoms with Gasteiger partial charge in [0.25, 0.3) is 0 Å². The van der Waals surface area contributed by atoms with Crippen LogP contribution < -0.4 is 15.8 Å². The van der Waals surface area contributed by atoms with Gasteiger partial charge in [-0.3, -0.25) is 4.79 Å². The van der Waals surface area contributed by atoms with Crippen LogP contribution in [0.3, 0.4) is 0 Å². The highest BCUT2D eigenvalue weighted by Gasteiger charge is 2.17. The summed E-state index contributed by atoms with van der Waals surface area (Å²) in [6.45, 7) is 2.89. The van der Waals surface area contributed by atoms with Crippen molar-refractivity contribution < 1.29 is 9.53 Å². The first-order valence-electron chi connectivity index (χ1n) is 7.55. The third-order valence-corrected chi connectivity index (χ3v) is 3.64. The highest BCUT2D eigenvalue weighted by molar-refractivity contribution is 5.94. The summed E-state index contributed by atoms with van der Waals surface area (Å²) in [4.78, 5) is 11.4. The van der Waals surface area contributed by atoms with E-state index in [9.17, 15) is 4.79 Å². The molecule has 0 atom stereocenters. The van der Waals surface area contributed by atoms with Crippen LogP contribution in [0.4, 0.5) is 11.4 Å². The van der Waals surface area contributed by atoms with Gasteiger partial charge in [-0.2, -0.15) is 0 Å². The number of amides is 1. The molecular formula is C16H24N2O2. The van der Waals surface area contributed by atoms with Gasteiger partial charge in [0.15, 0.2) is 0 Å². The fourth-order valence-electron chi connectivity index (χ4n) is 2.44. The second-order valence-corrected chi connectivity index (χ2v) is 5.36. The topological polar surface area (TPSA) is 64.3 Å². The molecule has 4 nitrogen and oxygen atoms in total. The van der Waals surface area contributed by atoms with Crippen molar-refractivity contribution in [2.75, 3.05) is 17.7 Å². The Bertz CT molecular complexity index is 472. The summed E-state index contributed by atoms with van der Waals surface area (Å²) in [6, 6.07) is 3.77. The first-order valence-corrected chi connectivity index (χ1v) is 7.55. The van der Waals surface area contributed by atoms with E-state index in [0.717, 1.165) is 24.1 Å². The summed E-state index contributed by atoms with van der Waals surface area (Å²) in [5.41, 5.74) is 8.60. The van der Waals surface area contributed by atoms with Crippen LogP contribution in [0.25, 0.3) is 0 Å². The number of unbranched alkanes of at least 4 members (excludes halogenated alkanes) is 4. The second kappa shape index (κ2) is 7.17. The Kier molecular flexibility index (Phi) is 5.27. The molecule has 0 saturated carbocycles. The molecule has 0 spiro atoms. The third kappa shape index (κ3) is 3.89. The van der Waals surface area contributed by atoms with Crippen LogP contribution in [0.5, 0.6) is 5.75 Å². The molecule has 110 valence electrons. The summed E-state index contributed by atoms with van der Waals surface area (Å²) >= 11 is 0. The van der Waals surface area contributed by atoms with Crippen molar-refractivity contribution in [2.45, 2.75) is 51.9 Å². The van der Waals surface area contributed by atoms with Gasteiger partial charge in [-0.15, -0.1) is 0 Å². The van der Waals surface area contributed by atoms with Crippen molar-refractivity contribution in [3.05, 3.63) is 17.7 Å². The summed E-state index contributed by atoms with van der Waals surface area (Å²) in [7, 11) is 0. The van der Waals surface area contributed by atoms with Crippen molar-refractivity contribution in [3.63, 3.8) is 0 Å². The lowest BCUT2D eigenvalue weighted by atomic mass is 10.0. The number of hydrogen-bond donors (Lipinski definition) is 2. The van der Waals surface area contributed by atoms with E-state index in [2.05, 4.69) is 12.2 Å². The average molecular weight is 276 g/mol. The monoisotopic (exact) mass is 276 g/mol. The Labute approximate surface area is 120 Å². The van der Waals surface area contributed by atoms with Gasteiger partial charge in [0, 0.05) is 18.2 Å². The zero-order valence-corrected chi connectivity index (χ0v) is 12.2. The Balaban J connectivity index is 1.88. The van der Waals surface area contributed by atoms with Gasteiger partial charge in [0.1, 0.15) is 5.75 Å². The fourth-order valence-corrected chi connectivity index (χ4v) is 2.44. The molecule has 2 rings (SSSR count). The van der Waals surface area contributed by atoms with Crippen molar-refractivity contribution in [2.24, 2.45) is 0 Å². The molecule has 1 heterocycles. The number of hydrogen-bond acceptors (Lipinski definition) is 3. The molecule has 0 fully saturated rings. The van der Waals surface area contributed by atoms with Gasteiger partial charge in [0.2, 0.25) is 5.91 Å². The van der Waals surface area contributed by atoms with Crippen LogP contribution in [0.15, 0.2) is 12.1 Å².